The molecule has 1 amide bonds. The van der Waals surface area contributed by atoms with E-state index < -0.39 is 6.10 Å². The zero-order chi connectivity index (χ0) is 16.7. The third-order valence-corrected chi connectivity index (χ3v) is 3.85. The van der Waals surface area contributed by atoms with E-state index in [1.165, 1.54) is 11.1 Å². The molecule has 0 saturated carbocycles. The Hall–Kier alpha value is -2.00. The van der Waals surface area contributed by atoms with Crippen molar-refractivity contribution in [3.8, 4) is 5.75 Å². The molecule has 23 heavy (non-hydrogen) atoms. The lowest BCUT2D eigenvalue weighted by Gasteiger charge is -2.15. The van der Waals surface area contributed by atoms with Gasteiger partial charge in [0.2, 0.25) is 0 Å². The lowest BCUT2D eigenvalue weighted by Crippen LogP contribution is -2.37. The van der Waals surface area contributed by atoms with E-state index in [0.717, 1.165) is 12.8 Å². The molecule has 4 heteroatoms. The first-order valence-electron chi connectivity index (χ1n) is 7.80. The second-order valence-electron chi connectivity index (χ2n) is 5.57. The van der Waals surface area contributed by atoms with Crippen molar-refractivity contribution in [2.24, 2.45) is 0 Å². The van der Waals surface area contributed by atoms with Crippen molar-refractivity contribution in [1.29, 1.82) is 0 Å². The Morgan fingerprint density at radius 2 is 2.00 bits per heavy atom. The number of carbonyl (C=O) groups excluding carboxylic acids is 1. The van der Waals surface area contributed by atoms with E-state index >= 15 is 0 Å². The molecule has 0 bridgehead atoms. The predicted octanol–water partition coefficient (Wildman–Crippen LogP) is 4.16. The molecule has 0 aliphatic heterocycles. The van der Waals surface area contributed by atoms with Crippen LogP contribution in [-0.2, 0) is 11.2 Å². The van der Waals surface area contributed by atoms with Crippen molar-refractivity contribution in [2.45, 2.75) is 32.8 Å². The summed E-state index contributed by atoms with van der Waals surface area (Å²) in [4.78, 5) is 12.0. The minimum Gasteiger partial charge on any atom is -0.479 e. The van der Waals surface area contributed by atoms with Crippen LogP contribution in [0.15, 0.2) is 48.5 Å². The molecule has 122 valence electrons. The SMILES string of the molecule is Cc1cccc(CCCNC(=O)[C@H](C)Oc2ccccc2Cl)c1. The summed E-state index contributed by atoms with van der Waals surface area (Å²) in [7, 11) is 0. The number of para-hydroxylation sites is 1. The summed E-state index contributed by atoms with van der Waals surface area (Å²) in [6, 6.07) is 15.6. The topological polar surface area (TPSA) is 38.3 Å². The number of benzene rings is 2. The molecule has 2 aromatic carbocycles. The van der Waals surface area contributed by atoms with Crippen molar-refractivity contribution in [3.63, 3.8) is 0 Å². The fourth-order valence-corrected chi connectivity index (χ4v) is 2.48. The standard InChI is InChI=1S/C19H22ClNO2/c1-14-7-5-8-16(13-14)9-6-12-21-19(22)15(2)23-18-11-4-3-10-17(18)20/h3-5,7-8,10-11,13,15H,6,9,12H2,1-2H3,(H,21,22)/t15-/m0/s1. The first-order chi connectivity index (χ1) is 11.1. The van der Waals surface area contributed by atoms with Crippen molar-refractivity contribution < 1.29 is 9.53 Å². The van der Waals surface area contributed by atoms with E-state index in [0.29, 0.717) is 17.3 Å². The first kappa shape index (κ1) is 17.4. The summed E-state index contributed by atoms with van der Waals surface area (Å²) in [5.74, 6) is 0.394. The highest BCUT2D eigenvalue weighted by atomic mass is 35.5. The molecule has 1 N–H and O–H groups in total. The van der Waals surface area contributed by atoms with Gasteiger partial charge in [0.25, 0.3) is 5.91 Å². The molecule has 0 aromatic heterocycles. The molecule has 1 atom stereocenters. The fraction of sp³-hybridized carbons (Fsp3) is 0.316. The Balaban J connectivity index is 1.73. The summed E-state index contributed by atoms with van der Waals surface area (Å²) in [5.41, 5.74) is 2.55. The summed E-state index contributed by atoms with van der Waals surface area (Å²) >= 11 is 6.02. The van der Waals surface area contributed by atoms with Gasteiger partial charge in [-0.1, -0.05) is 53.6 Å². The maximum atomic E-state index is 12.0. The Morgan fingerprint density at radius 1 is 1.22 bits per heavy atom. The van der Waals surface area contributed by atoms with Gasteiger partial charge in [-0.25, -0.2) is 0 Å². The number of carbonyl (C=O) groups is 1. The third kappa shape index (κ3) is 5.61. The molecular formula is C19H22ClNO2. The van der Waals surface area contributed by atoms with Crippen LogP contribution in [-0.4, -0.2) is 18.6 Å². The van der Waals surface area contributed by atoms with Gasteiger partial charge in [0.05, 0.1) is 5.02 Å². The molecule has 0 heterocycles. The van der Waals surface area contributed by atoms with Gasteiger partial charge >= 0.3 is 0 Å². The summed E-state index contributed by atoms with van der Waals surface area (Å²) in [6.45, 7) is 4.43. The number of aryl methyl sites for hydroxylation is 2. The number of hydrogen-bond donors (Lipinski definition) is 1. The van der Waals surface area contributed by atoms with Gasteiger partial charge in [0.1, 0.15) is 5.75 Å². The van der Waals surface area contributed by atoms with Crippen LogP contribution in [0, 0.1) is 6.92 Å². The number of ether oxygens (including phenoxy) is 1. The summed E-state index contributed by atoms with van der Waals surface area (Å²) in [6.07, 6.45) is 1.27. The summed E-state index contributed by atoms with van der Waals surface area (Å²) < 4.78 is 5.59. The average Bonchev–Trinajstić information content (AvgIpc) is 2.53. The average molecular weight is 332 g/mol. The molecule has 2 rings (SSSR count). The van der Waals surface area contributed by atoms with Crippen molar-refractivity contribution in [2.75, 3.05) is 6.54 Å². The van der Waals surface area contributed by atoms with E-state index in [2.05, 4.69) is 36.5 Å². The normalized spacial score (nSPS) is 11.8. The van der Waals surface area contributed by atoms with Crippen LogP contribution in [0.25, 0.3) is 0 Å². The Bertz CT molecular complexity index is 657. The molecule has 0 unspecified atom stereocenters. The Kier molecular flexibility index (Phi) is 6.48. The van der Waals surface area contributed by atoms with Crippen LogP contribution < -0.4 is 10.1 Å². The minimum absolute atomic E-state index is 0.130. The third-order valence-electron chi connectivity index (χ3n) is 3.53. The number of rotatable bonds is 7. The molecule has 0 aliphatic carbocycles. The highest BCUT2D eigenvalue weighted by Crippen LogP contribution is 2.24. The van der Waals surface area contributed by atoms with E-state index in [9.17, 15) is 4.79 Å². The molecule has 0 radical (unpaired) electrons. The maximum Gasteiger partial charge on any atom is 0.260 e. The van der Waals surface area contributed by atoms with E-state index in [1.54, 1.807) is 19.1 Å². The minimum atomic E-state index is -0.575. The van der Waals surface area contributed by atoms with E-state index in [4.69, 9.17) is 16.3 Å². The van der Waals surface area contributed by atoms with Crippen LogP contribution in [0.3, 0.4) is 0 Å². The lowest BCUT2D eigenvalue weighted by molar-refractivity contribution is -0.127. The van der Waals surface area contributed by atoms with Crippen molar-refractivity contribution in [3.05, 3.63) is 64.7 Å². The van der Waals surface area contributed by atoms with Crippen LogP contribution in [0.5, 0.6) is 5.75 Å². The van der Waals surface area contributed by atoms with Crippen LogP contribution in [0.4, 0.5) is 0 Å². The van der Waals surface area contributed by atoms with E-state index in [-0.39, 0.29) is 5.91 Å². The van der Waals surface area contributed by atoms with Crippen molar-refractivity contribution >= 4 is 17.5 Å². The van der Waals surface area contributed by atoms with Crippen LogP contribution in [0.1, 0.15) is 24.5 Å². The van der Waals surface area contributed by atoms with E-state index in [1.807, 2.05) is 12.1 Å². The highest BCUT2D eigenvalue weighted by Gasteiger charge is 2.15. The Labute approximate surface area is 142 Å². The molecule has 2 aromatic rings. The van der Waals surface area contributed by atoms with Gasteiger partial charge in [0, 0.05) is 6.54 Å². The maximum absolute atomic E-state index is 12.0. The zero-order valence-corrected chi connectivity index (χ0v) is 14.3. The second-order valence-corrected chi connectivity index (χ2v) is 5.98. The number of hydrogen-bond acceptors (Lipinski definition) is 2. The largest absolute Gasteiger partial charge is 0.479 e. The van der Waals surface area contributed by atoms with Crippen molar-refractivity contribution in [1.82, 2.24) is 5.32 Å². The molecule has 3 nitrogen and oxygen atoms in total. The smallest absolute Gasteiger partial charge is 0.260 e. The van der Waals surface area contributed by atoms with Gasteiger partial charge in [-0.3, -0.25) is 4.79 Å². The first-order valence-corrected chi connectivity index (χ1v) is 8.18. The van der Waals surface area contributed by atoms with Gasteiger partial charge in [0.15, 0.2) is 6.10 Å². The fourth-order valence-electron chi connectivity index (χ4n) is 2.30. The Morgan fingerprint density at radius 3 is 2.74 bits per heavy atom. The molecular weight excluding hydrogens is 310 g/mol. The molecule has 0 spiro atoms. The monoisotopic (exact) mass is 331 g/mol. The van der Waals surface area contributed by atoms with Gasteiger partial charge in [-0.15, -0.1) is 0 Å². The quantitative estimate of drug-likeness (QED) is 0.773. The molecule has 0 fully saturated rings. The lowest BCUT2D eigenvalue weighted by atomic mass is 10.1. The second kappa shape index (κ2) is 8.59. The summed E-state index contributed by atoms with van der Waals surface area (Å²) in [5, 5.41) is 3.41. The van der Waals surface area contributed by atoms with Gasteiger partial charge in [-0.05, 0) is 44.4 Å². The van der Waals surface area contributed by atoms with Crippen LogP contribution >= 0.6 is 11.6 Å². The molecule has 0 saturated heterocycles. The van der Waals surface area contributed by atoms with Gasteiger partial charge in [-0.2, -0.15) is 0 Å². The van der Waals surface area contributed by atoms with Crippen LogP contribution in [0.2, 0.25) is 5.02 Å². The molecule has 0 aliphatic rings. The predicted molar refractivity (Wildman–Crippen MR) is 94.1 cm³/mol. The number of nitrogens with one attached hydrogen (secondary N) is 1. The van der Waals surface area contributed by atoms with Gasteiger partial charge < -0.3 is 10.1 Å². The number of amides is 1. The zero-order valence-electron chi connectivity index (χ0n) is 13.5. The highest BCUT2D eigenvalue weighted by molar-refractivity contribution is 6.32. The number of halogens is 1.